The number of benzene rings is 1. The summed E-state index contributed by atoms with van der Waals surface area (Å²) in [4.78, 5) is 10.7. The van der Waals surface area contributed by atoms with Crippen LogP contribution in [0.1, 0.15) is 13.3 Å². The maximum Gasteiger partial charge on any atom is 0.344 e. The topological polar surface area (TPSA) is 46.5 Å². The fourth-order valence-electron chi connectivity index (χ4n) is 1.03. The molecule has 15 heavy (non-hydrogen) atoms. The molecule has 0 aliphatic rings. The minimum Gasteiger partial charge on any atom is -0.479 e. The van der Waals surface area contributed by atoms with E-state index in [0.29, 0.717) is 10.9 Å². The van der Waals surface area contributed by atoms with Crippen LogP contribution in [0, 0.1) is 5.82 Å². The Morgan fingerprint density at radius 1 is 1.67 bits per heavy atom. The van der Waals surface area contributed by atoms with Crippen LogP contribution in [0.3, 0.4) is 0 Å². The summed E-state index contributed by atoms with van der Waals surface area (Å²) in [7, 11) is 0. The molecule has 0 aliphatic heterocycles. The summed E-state index contributed by atoms with van der Waals surface area (Å²) in [5.74, 6) is -1.33. The molecule has 1 aromatic carbocycles. The zero-order chi connectivity index (χ0) is 11.4. The summed E-state index contributed by atoms with van der Waals surface area (Å²) >= 11 is 3.15. The fourth-order valence-corrected chi connectivity index (χ4v) is 1.37. The van der Waals surface area contributed by atoms with Gasteiger partial charge in [0, 0.05) is 6.07 Å². The summed E-state index contributed by atoms with van der Waals surface area (Å²) in [6.45, 7) is 1.69. The van der Waals surface area contributed by atoms with Gasteiger partial charge in [-0.05, 0) is 34.5 Å². The Labute approximate surface area is 95.0 Å². The van der Waals surface area contributed by atoms with Gasteiger partial charge < -0.3 is 9.84 Å². The minimum absolute atomic E-state index is 0.198. The van der Waals surface area contributed by atoms with E-state index in [9.17, 15) is 9.18 Å². The number of hydrogen-bond donors (Lipinski definition) is 1. The second-order valence-corrected chi connectivity index (χ2v) is 3.78. The van der Waals surface area contributed by atoms with Crippen LogP contribution >= 0.6 is 15.9 Å². The maximum absolute atomic E-state index is 12.9. The molecule has 0 aliphatic carbocycles. The highest BCUT2D eigenvalue weighted by Crippen LogP contribution is 2.26. The Morgan fingerprint density at radius 2 is 2.33 bits per heavy atom. The molecule has 5 heteroatoms. The first-order valence-electron chi connectivity index (χ1n) is 4.39. The summed E-state index contributed by atoms with van der Waals surface area (Å²) in [5.41, 5.74) is 0. The van der Waals surface area contributed by atoms with Crippen molar-refractivity contribution >= 4 is 21.9 Å². The van der Waals surface area contributed by atoms with E-state index in [4.69, 9.17) is 9.84 Å². The highest BCUT2D eigenvalue weighted by molar-refractivity contribution is 9.10. The van der Waals surface area contributed by atoms with Gasteiger partial charge in [-0.1, -0.05) is 6.92 Å². The molecule has 3 nitrogen and oxygen atoms in total. The molecule has 0 spiro atoms. The van der Waals surface area contributed by atoms with E-state index in [1.807, 2.05) is 0 Å². The van der Waals surface area contributed by atoms with Crippen molar-refractivity contribution in [3.8, 4) is 5.75 Å². The van der Waals surface area contributed by atoms with Crippen LogP contribution in [-0.2, 0) is 4.79 Å². The third kappa shape index (κ3) is 3.20. The Kier molecular flexibility index (Phi) is 4.08. The van der Waals surface area contributed by atoms with Crippen molar-refractivity contribution < 1.29 is 19.0 Å². The SMILES string of the molecule is CCC(Oc1cc(F)ccc1Br)C(=O)O. The van der Waals surface area contributed by atoms with Gasteiger partial charge in [-0.3, -0.25) is 0 Å². The molecule has 0 radical (unpaired) electrons. The summed E-state index contributed by atoms with van der Waals surface area (Å²) in [5, 5.41) is 8.76. The van der Waals surface area contributed by atoms with Crippen LogP contribution in [0.4, 0.5) is 4.39 Å². The lowest BCUT2D eigenvalue weighted by Gasteiger charge is -2.14. The third-order valence-electron chi connectivity index (χ3n) is 1.81. The quantitative estimate of drug-likeness (QED) is 0.920. The number of carboxylic acids is 1. The monoisotopic (exact) mass is 276 g/mol. The Bertz CT molecular complexity index is 368. The van der Waals surface area contributed by atoms with Gasteiger partial charge in [0.2, 0.25) is 0 Å². The number of halogens is 2. The van der Waals surface area contributed by atoms with Crippen molar-refractivity contribution in [1.82, 2.24) is 0 Å². The lowest BCUT2D eigenvalue weighted by atomic mass is 10.2. The van der Waals surface area contributed by atoms with Crippen molar-refractivity contribution in [2.45, 2.75) is 19.4 Å². The van der Waals surface area contributed by atoms with Gasteiger partial charge in [0.1, 0.15) is 11.6 Å². The van der Waals surface area contributed by atoms with E-state index >= 15 is 0 Å². The molecule has 1 N–H and O–H groups in total. The first-order chi connectivity index (χ1) is 7.04. The van der Waals surface area contributed by atoms with Gasteiger partial charge >= 0.3 is 5.97 Å². The Balaban J connectivity index is 2.87. The molecule has 82 valence electrons. The third-order valence-corrected chi connectivity index (χ3v) is 2.46. The molecule has 1 unspecified atom stereocenters. The van der Waals surface area contributed by atoms with Crippen LogP contribution < -0.4 is 4.74 Å². The molecular formula is C10H10BrFO3. The van der Waals surface area contributed by atoms with Gasteiger partial charge in [0.25, 0.3) is 0 Å². The number of carboxylic acid groups (broad SMARTS) is 1. The van der Waals surface area contributed by atoms with Crippen molar-refractivity contribution in [3.63, 3.8) is 0 Å². The van der Waals surface area contributed by atoms with E-state index in [-0.39, 0.29) is 5.75 Å². The highest BCUT2D eigenvalue weighted by atomic mass is 79.9. The van der Waals surface area contributed by atoms with E-state index in [0.717, 1.165) is 6.07 Å². The predicted molar refractivity (Wildman–Crippen MR) is 56.4 cm³/mol. The summed E-state index contributed by atoms with van der Waals surface area (Å²) < 4.78 is 18.5. The Hall–Kier alpha value is -1.10. The molecule has 0 saturated heterocycles. The molecule has 0 bridgehead atoms. The van der Waals surface area contributed by atoms with Crippen LogP contribution in [0.25, 0.3) is 0 Å². The minimum atomic E-state index is -1.06. The van der Waals surface area contributed by atoms with Crippen molar-refractivity contribution in [2.75, 3.05) is 0 Å². The van der Waals surface area contributed by atoms with Crippen LogP contribution in [0.15, 0.2) is 22.7 Å². The molecule has 0 fully saturated rings. The van der Waals surface area contributed by atoms with Crippen LogP contribution in [-0.4, -0.2) is 17.2 Å². The number of rotatable bonds is 4. The van der Waals surface area contributed by atoms with E-state index in [1.54, 1.807) is 6.92 Å². The van der Waals surface area contributed by atoms with Gasteiger partial charge in [0.15, 0.2) is 6.10 Å². The average Bonchev–Trinajstić information content (AvgIpc) is 2.18. The number of carbonyl (C=O) groups is 1. The molecular weight excluding hydrogens is 267 g/mol. The lowest BCUT2D eigenvalue weighted by molar-refractivity contribution is -0.145. The molecule has 1 aromatic rings. The molecule has 0 amide bonds. The van der Waals surface area contributed by atoms with Crippen molar-refractivity contribution in [2.24, 2.45) is 0 Å². The fraction of sp³-hybridized carbons (Fsp3) is 0.300. The molecule has 0 heterocycles. The smallest absolute Gasteiger partial charge is 0.344 e. The molecule has 0 saturated carbocycles. The van der Waals surface area contributed by atoms with Gasteiger partial charge in [0.05, 0.1) is 4.47 Å². The van der Waals surface area contributed by atoms with Crippen LogP contribution in [0.5, 0.6) is 5.75 Å². The first kappa shape index (κ1) is 12.0. The van der Waals surface area contributed by atoms with Crippen molar-refractivity contribution in [3.05, 3.63) is 28.5 Å². The van der Waals surface area contributed by atoms with Crippen molar-refractivity contribution in [1.29, 1.82) is 0 Å². The summed E-state index contributed by atoms with van der Waals surface area (Å²) in [6, 6.07) is 3.88. The van der Waals surface area contributed by atoms with Gasteiger partial charge in [-0.25, -0.2) is 9.18 Å². The lowest BCUT2D eigenvalue weighted by Crippen LogP contribution is -2.26. The normalized spacial score (nSPS) is 12.2. The zero-order valence-electron chi connectivity index (χ0n) is 8.04. The second-order valence-electron chi connectivity index (χ2n) is 2.93. The largest absolute Gasteiger partial charge is 0.479 e. The highest BCUT2D eigenvalue weighted by Gasteiger charge is 2.18. The zero-order valence-corrected chi connectivity index (χ0v) is 9.62. The molecule has 1 rings (SSSR count). The molecule has 1 atom stereocenters. The second kappa shape index (κ2) is 5.11. The standard InChI is InChI=1S/C10H10BrFO3/c1-2-8(10(13)14)15-9-5-6(12)3-4-7(9)11/h3-5,8H,2H2,1H3,(H,13,14). The van der Waals surface area contributed by atoms with Gasteiger partial charge in [-0.15, -0.1) is 0 Å². The summed E-state index contributed by atoms with van der Waals surface area (Å²) in [6.07, 6.45) is -0.638. The van der Waals surface area contributed by atoms with E-state index in [1.165, 1.54) is 12.1 Å². The molecule has 0 aromatic heterocycles. The Morgan fingerprint density at radius 3 is 2.87 bits per heavy atom. The number of ether oxygens (including phenoxy) is 1. The average molecular weight is 277 g/mol. The van der Waals surface area contributed by atoms with Crippen LogP contribution in [0.2, 0.25) is 0 Å². The first-order valence-corrected chi connectivity index (χ1v) is 5.18. The maximum atomic E-state index is 12.9. The predicted octanol–water partition coefficient (Wildman–Crippen LogP) is 2.83. The number of hydrogen-bond acceptors (Lipinski definition) is 2. The van der Waals surface area contributed by atoms with Gasteiger partial charge in [-0.2, -0.15) is 0 Å². The number of aliphatic carboxylic acids is 1. The van der Waals surface area contributed by atoms with E-state index in [2.05, 4.69) is 15.9 Å². The van der Waals surface area contributed by atoms with E-state index < -0.39 is 17.9 Å².